The molecule has 0 fully saturated rings. The normalized spacial score (nSPS) is 15.1. The van der Waals surface area contributed by atoms with Gasteiger partial charge in [-0.3, -0.25) is 0 Å². The second-order valence-corrected chi connectivity index (χ2v) is 2.17. The average molecular weight is 174 g/mol. The minimum Gasteiger partial charge on any atom is -0.461 e. The summed E-state index contributed by atoms with van der Waals surface area (Å²) in [6.45, 7) is 2.02. The first-order valence-electron chi connectivity index (χ1n) is 3.06. The van der Waals surface area contributed by atoms with Gasteiger partial charge in [0, 0.05) is 0 Å². The zero-order valence-electron chi connectivity index (χ0n) is 5.87. The Morgan fingerprint density at radius 1 is 1.82 bits per heavy atom. The van der Waals surface area contributed by atoms with Crippen molar-refractivity contribution in [1.82, 2.24) is 5.43 Å². The van der Waals surface area contributed by atoms with Crippen LogP contribution in [0.2, 0.25) is 0 Å². The number of carbonyl (C=O) groups excluding carboxylic acids is 1. The van der Waals surface area contributed by atoms with Crippen molar-refractivity contribution in [1.29, 1.82) is 0 Å². The van der Waals surface area contributed by atoms with Crippen LogP contribution in [0.3, 0.4) is 0 Å². The molecule has 1 aliphatic rings. The monoisotopic (exact) mass is 173 g/mol. The van der Waals surface area contributed by atoms with E-state index in [1.165, 1.54) is 6.20 Å². The average Bonchev–Trinajstić information content (AvgIpc) is 2.36. The summed E-state index contributed by atoms with van der Waals surface area (Å²) in [7, 11) is 0. The van der Waals surface area contributed by atoms with E-state index in [-0.39, 0.29) is 10.7 Å². The van der Waals surface area contributed by atoms with Crippen molar-refractivity contribution in [2.24, 2.45) is 5.10 Å². The fraction of sp³-hybridized carbons (Fsp3) is 0.333. The van der Waals surface area contributed by atoms with E-state index in [9.17, 15) is 4.79 Å². The van der Waals surface area contributed by atoms with Gasteiger partial charge >= 0.3 is 5.97 Å². The van der Waals surface area contributed by atoms with E-state index in [1.54, 1.807) is 6.92 Å². The summed E-state index contributed by atoms with van der Waals surface area (Å²) in [5.41, 5.74) is 3.52. The van der Waals surface area contributed by atoms with Crippen molar-refractivity contribution < 1.29 is 9.53 Å². The SMILES string of the molecule is CCOC(=O)C1=N[N]C=C1Cl. The number of rotatable bonds is 2. The summed E-state index contributed by atoms with van der Waals surface area (Å²) < 4.78 is 4.64. The zero-order valence-corrected chi connectivity index (χ0v) is 6.63. The maximum atomic E-state index is 10.9. The quantitative estimate of drug-likeness (QED) is 0.575. The Morgan fingerprint density at radius 2 is 2.55 bits per heavy atom. The van der Waals surface area contributed by atoms with E-state index in [1.807, 2.05) is 0 Å². The molecule has 59 valence electrons. The second-order valence-electron chi connectivity index (χ2n) is 1.76. The van der Waals surface area contributed by atoms with Crippen LogP contribution < -0.4 is 5.43 Å². The molecule has 0 amide bonds. The minimum absolute atomic E-state index is 0.0773. The highest BCUT2D eigenvalue weighted by Gasteiger charge is 2.20. The topological polar surface area (TPSA) is 52.8 Å². The van der Waals surface area contributed by atoms with Crippen molar-refractivity contribution >= 4 is 23.3 Å². The Balaban J connectivity index is 2.61. The molecule has 11 heavy (non-hydrogen) atoms. The van der Waals surface area contributed by atoms with E-state index in [0.717, 1.165) is 0 Å². The van der Waals surface area contributed by atoms with Crippen LogP contribution in [0.4, 0.5) is 0 Å². The predicted octanol–water partition coefficient (Wildman–Crippen LogP) is 0.604. The molecule has 0 saturated heterocycles. The fourth-order valence-corrected chi connectivity index (χ4v) is 0.743. The lowest BCUT2D eigenvalue weighted by molar-refractivity contribution is -0.134. The number of halogens is 1. The summed E-state index contributed by atoms with van der Waals surface area (Å²) in [6.07, 6.45) is 1.30. The fourth-order valence-electron chi connectivity index (χ4n) is 0.584. The van der Waals surface area contributed by atoms with Crippen LogP contribution in [0.5, 0.6) is 0 Å². The van der Waals surface area contributed by atoms with Crippen molar-refractivity contribution in [2.75, 3.05) is 6.61 Å². The highest BCUT2D eigenvalue weighted by Crippen LogP contribution is 2.09. The van der Waals surface area contributed by atoms with Crippen LogP contribution in [0, 0.1) is 0 Å². The summed E-state index contributed by atoms with van der Waals surface area (Å²) >= 11 is 5.54. The van der Waals surface area contributed by atoms with Gasteiger partial charge in [0.1, 0.15) is 0 Å². The van der Waals surface area contributed by atoms with Gasteiger partial charge in [0.25, 0.3) is 0 Å². The van der Waals surface area contributed by atoms with Crippen LogP contribution in [0.15, 0.2) is 16.3 Å². The molecule has 0 bridgehead atoms. The second kappa shape index (κ2) is 3.39. The molecule has 1 rings (SSSR count). The number of hydrogen-bond acceptors (Lipinski definition) is 3. The number of nitrogens with zero attached hydrogens (tertiary/aromatic N) is 2. The molecule has 0 unspecified atom stereocenters. The van der Waals surface area contributed by atoms with Crippen LogP contribution in [-0.2, 0) is 9.53 Å². The smallest absolute Gasteiger partial charge is 0.360 e. The lowest BCUT2D eigenvalue weighted by Gasteiger charge is -1.98. The molecule has 4 nitrogen and oxygen atoms in total. The Kier molecular flexibility index (Phi) is 2.48. The molecule has 0 aromatic carbocycles. The summed E-state index contributed by atoms with van der Waals surface area (Å²) in [5.74, 6) is -0.532. The molecule has 0 saturated carbocycles. The maximum Gasteiger partial charge on any atom is 0.360 e. The van der Waals surface area contributed by atoms with E-state index >= 15 is 0 Å². The highest BCUT2D eigenvalue weighted by atomic mass is 35.5. The summed E-state index contributed by atoms with van der Waals surface area (Å²) in [4.78, 5) is 10.9. The van der Waals surface area contributed by atoms with Crippen molar-refractivity contribution in [2.45, 2.75) is 6.92 Å². The van der Waals surface area contributed by atoms with E-state index in [4.69, 9.17) is 11.6 Å². The van der Waals surface area contributed by atoms with E-state index in [2.05, 4.69) is 15.3 Å². The van der Waals surface area contributed by atoms with Crippen molar-refractivity contribution in [3.05, 3.63) is 11.2 Å². The first kappa shape index (κ1) is 8.07. The molecule has 1 aliphatic heterocycles. The van der Waals surface area contributed by atoms with Crippen molar-refractivity contribution in [3.63, 3.8) is 0 Å². The Hall–Kier alpha value is -1.03. The van der Waals surface area contributed by atoms with Gasteiger partial charge in [0.2, 0.25) is 0 Å². The molecule has 5 heteroatoms. The third-order valence-electron chi connectivity index (χ3n) is 1.02. The number of ether oxygens (including phenoxy) is 1. The highest BCUT2D eigenvalue weighted by molar-refractivity contribution is 6.58. The molecule has 0 N–H and O–H groups in total. The van der Waals surface area contributed by atoms with Gasteiger partial charge in [-0.05, 0) is 6.92 Å². The van der Waals surface area contributed by atoms with Gasteiger partial charge < -0.3 is 4.74 Å². The van der Waals surface area contributed by atoms with Gasteiger partial charge in [-0.2, -0.15) is 5.43 Å². The molecule has 0 atom stereocenters. The Morgan fingerprint density at radius 3 is 3.00 bits per heavy atom. The van der Waals surface area contributed by atoms with Crippen LogP contribution in [-0.4, -0.2) is 18.3 Å². The number of hydrogen-bond donors (Lipinski definition) is 0. The molecule has 0 aromatic rings. The van der Waals surface area contributed by atoms with Crippen LogP contribution >= 0.6 is 11.6 Å². The number of carbonyl (C=O) groups is 1. The first-order chi connectivity index (χ1) is 5.25. The molecule has 1 heterocycles. The zero-order chi connectivity index (χ0) is 8.27. The van der Waals surface area contributed by atoms with Gasteiger partial charge in [-0.1, -0.05) is 11.6 Å². The van der Waals surface area contributed by atoms with Gasteiger partial charge in [-0.25, -0.2) is 4.79 Å². The minimum atomic E-state index is -0.532. The standard InChI is InChI=1S/C6H6ClN2O2/c1-2-11-6(10)5-4(7)3-8-9-5/h3H,2H2,1H3. The Labute approximate surface area is 68.9 Å². The van der Waals surface area contributed by atoms with E-state index in [0.29, 0.717) is 6.61 Å². The summed E-state index contributed by atoms with van der Waals surface area (Å²) in [6, 6.07) is 0. The molecule has 0 spiro atoms. The molecule has 1 radical (unpaired) electrons. The Bertz CT molecular complexity index is 235. The van der Waals surface area contributed by atoms with Gasteiger partial charge in [-0.15, -0.1) is 5.10 Å². The molecule has 0 aromatic heterocycles. The maximum absolute atomic E-state index is 10.9. The third kappa shape index (κ3) is 1.71. The third-order valence-corrected chi connectivity index (χ3v) is 1.30. The van der Waals surface area contributed by atoms with Crippen LogP contribution in [0.25, 0.3) is 0 Å². The van der Waals surface area contributed by atoms with Crippen molar-refractivity contribution in [3.8, 4) is 0 Å². The number of esters is 1. The lowest BCUT2D eigenvalue weighted by atomic mass is 10.4. The van der Waals surface area contributed by atoms with Crippen LogP contribution in [0.1, 0.15) is 6.92 Å². The van der Waals surface area contributed by atoms with Gasteiger partial charge in [0.05, 0.1) is 17.8 Å². The van der Waals surface area contributed by atoms with Gasteiger partial charge in [0.15, 0.2) is 5.71 Å². The molecular formula is C6H6ClN2O2. The summed E-state index contributed by atoms with van der Waals surface area (Å²) in [5, 5.41) is 3.70. The first-order valence-corrected chi connectivity index (χ1v) is 3.44. The molecular weight excluding hydrogens is 168 g/mol. The predicted molar refractivity (Wildman–Crippen MR) is 40.1 cm³/mol. The van der Waals surface area contributed by atoms with E-state index < -0.39 is 5.97 Å². The largest absolute Gasteiger partial charge is 0.461 e. The lowest BCUT2D eigenvalue weighted by Crippen LogP contribution is -2.16. The molecule has 0 aliphatic carbocycles.